The fraction of sp³-hybridized carbons (Fsp3) is 0.368. The Kier molecular flexibility index (Phi) is 4.89. The first-order chi connectivity index (χ1) is 9.95. The van der Waals surface area contributed by atoms with Gasteiger partial charge in [0.1, 0.15) is 12.4 Å². The van der Waals surface area contributed by atoms with Gasteiger partial charge in [0.25, 0.3) is 0 Å². The number of hydrogen-bond acceptors (Lipinski definition) is 2. The van der Waals surface area contributed by atoms with Crippen LogP contribution in [0.5, 0.6) is 5.75 Å². The Morgan fingerprint density at radius 3 is 2.33 bits per heavy atom. The normalized spacial score (nSPS) is 11.2. The SMILES string of the molecule is Cc1cccc(NCCOc2ccc(C(C)(C)C)cc2)c1. The first-order valence-electron chi connectivity index (χ1n) is 7.49. The molecule has 0 radical (unpaired) electrons. The summed E-state index contributed by atoms with van der Waals surface area (Å²) in [5.74, 6) is 0.925. The lowest BCUT2D eigenvalue weighted by Crippen LogP contribution is -2.12. The van der Waals surface area contributed by atoms with Crippen molar-refractivity contribution in [2.45, 2.75) is 33.1 Å². The van der Waals surface area contributed by atoms with Crippen molar-refractivity contribution in [1.29, 1.82) is 0 Å². The van der Waals surface area contributed by atoms with Crippen molar-refractivity contribution >= 4 is 5.69 Å². The third-order valence-corrected chi connectivity index (χ3v) is 3.44. The number of nitrogens with one attached hydrogen (secondary N) is 1. The van der Waals surface area contributed by atoms with E-state index in [2.05, 4.69) is 69.4 Å². The first-order valence-corrected chi connectivity index (χ1v) is 7.49. The largest absolute Gasteiger partial charge is 0.492 e. The average molecular weight is 283 g/mol. The van der Waals surface area contributed by atoms with Crippen molar-refractivity contribution in [3.63, 3.8) is 0 Å². The molecule has 0 unspecified atom stereocenters. The van der Waals surface area contributed by atoms with E-state index < -0.39 is 0 Å². The van der Waals surface area contributed by atoms with Crippen molar-refractivity contribution in [3.05, 3.63) is 59.7 Å². The maximum atomic E-state index is 5.76. The van der Waals surface area contributed by atoms with E-state index in [0.717, 1.165) is 18.0 Å². The van der Waals surface area contributed by atoms with Crippen LogP contribution in [-0.4, -0.2) is 13.2 Å². The minimum absolute atomic E-state index is 0.186. The Morgan fingerprint density at radius 1 is 1.00 bits per heavy atom. The molecule has 0 amide bonds. The van der Waals surface area contributed by atoms with Gasteiger partial charge in [0.15, 0.2) is 0 Å². The molecule has 2 aromatic rings. The van der Waals surface area contributed by atoms with Crippen molar-refractivity contribution in [2.75, 3.05) is 18.5 Å². The van der Waals surface area contributed by atoms with Crippen LogP contribution in [0.3, 0.4) is 0 Å². The summed E-state index contributed by atoms with van der Waals surface area (Å²) in [4.78, 5) is 0. The highest BCUT2D eigenvalue weighted by Crippen LogP contribution is 2.24. The molecule has 112 valence electrons. The number of aryl methyl sites for hydroxylation is 1. The van der Waals surface area contributed by atoms with Crippen molar-refractivity contribution in [2.24, 2.45) is 0 Å². The molecule has 0 atom stereocenters. The Labute approximate surface area is 128 Å². The Bertz CT molecular complexity index is 567. The molecule has 0 spiro atoms. The van der Waals surface area contributed by atoms with Gasteiger partial charge in [-0.25, -0.2) is 0 Å². The van der Waals surface area contributed by atoms with E-state index in [-0.39, 0.29) is 5.41 Å². The number of anilines is 1. The van der Waals surface area contributed by atoms with E-state index in [4.69, 9.17) is 4.74 Å². The summed E-state index contributed by atoms with van der Waals surface area (Å²) in [6, 6.07) is 16.7. The van der Waals surface area contributed by atoms with E-state index in [1.54, 1.807) is 0 Å². The molecule has 0 saturated carbocycles. The van der Waals surface area contributed by atoms with Crippen molar-refractivity contribution in [1.82, 2.24) is 0 Å². The summed E-state index contributed by atoms with van der Waals surface area (Å²) >= 11 is 0. The molecule has 0 bridgehead atoms. The lowest BCUT2D eigenvalue weighted by molar-refractivity contribution is 0.332. The summed E-state index contributed by atoms with van der Waals surface area (Å²) < 4.78 is 5.76. The molecular weight excluding hydrogens is 258 g/mol. The highest BCUT2D eigenvalue weighted by Gasteiger charge is 2.12. The summed E-state index contributed by atoms with van der Waals surface area (Å²) in [7, 11) is 0. The quantitative estimate of drug-likeness (QED) is 0.797. The minimum atomic E-state index is 0.186. The van der Waals surface area contributed by atoms with E-state index in [1.807, 2.05) is 12.1 Å². The second kappa shape index (κ2) is 6.66. The second-order valence-corrected chi connectivity index (χ2v) is 6.42. The van der Waals surface area contributed by atoms with Gasteiger partial charge in [-0.3, -0.25) is 0 Å². The van der Waals surface area contributed by atoms with Gasteiger partial charge in [0.05, 0.1) is 0 Å². The molecule has 0 fully saturated rings. The maximum absolute atomic E-state index is 5.76. The summed E-state index contributed by atoms with van der Waals surface area (Å²) in [5.41, 5.74) is 3.92. The molecular formula is C19H25NO. The molecule has 2 aromatic carbocycles. The molecule has 2 heteroatoms. The predicted octanol–water partition coefficient (Wildman–Crippen LogP) is 4.78. The van der Waals surface area contributed by atoms with Gasteiger partial charge < -0.3 is 10.1 Å². The monoisotopic (exact) mass is 283 g/mol. The van der Waals surface area contributed by atoms with Crippen molar-refractivity contribution < 1.29 is 4.74 Å². The summed E-state index contributed by atoms with van der Waals surface area (Å²) in [5, 5.41) is 3.37. The molecule has 1 N–H and O–H groups in total. The summed E-state index contributed by atoms with van der Waals surface area (Å²) in [6.07, 6.45) is 0. The highest BCUT2D eigenvalue weighted by molar-refractivity contribution is 5.45. The standard InChI is InChI=1S/C19H25NO/c1-15-6-5-7-17(14-15)20-12-13-21-18-10-8-16(9-11-18)19(2,3)4/h5-11,14,20H,12-13H2,1-4H3. The van der Waals surface area contributed by atoms with Crippen LogP contribution in [-0.2, 0) is 5.41 Å². The van der Waals surface area contributed by atoms with E-state index >= 15 is 0 Å². The van der Waals surface area contributed by atoms with Gasteiger partial charge in [0.2, 0.25) is 0 Å². The second-order valence-electron chi connectivity index (χ2n) is 6.42. The van der Waals surface area contributed by atoms with E-state index in [9.17, 15) is 0 Å². The zero-order valence-electron chi connectivity index (χ0n) is 13.4. The van der Waals surface area contributed by atoms with Crippen LogP contribution >= 0.6 is 0 Å². The fourth-order valence-corrected chi connectivity index (χ4v) is 2.17. The highest BCUT2D eigenvalue weighted by atomic mass is 16.5. The van der Waals surface area contributed by atoms with Gasteiger partial charge in [-0.2, -0.15) is 0 Å². The molecule has 0 saturated heterocycles. The fourth-order valence-electron chi connectivity index (χ4n) is 2.17. The molecule has 2 rings (SSSR count). The molecule has 0 aliphatic heterocycles. The van der Waals surface area contributed by atoms with Crippen LogP contribution in [0.25, 0.3) is 0 Å². The zero-order chi connectivity index (χ0) is 15.3. The van der Waals surface area contributed by atoms with Gasteiger partial charge in [-0.05, 0) is 47.7 Å². The lowest BCUT2D eigenvalue weighted by Gasteiger charge is -2.19. The third kappa shape index (κ3) is 4.82. The lowest BCUT2D eigenvalue weighted by atomic mass is 9.87. The molecule has 2 nitrogen and oxygen atoms in total. The van der Waals surface area contributed by atoms with Crippen LogP contribution in [0.4, 0.5) is 5.69 Å². The number of rotatable bonds is 5. The third-order valence-electron chi connectivity index (χ3n) is 3.44. The molecule has 0 aromatic heterocycles. The van der Waals surface area contributed by atoms with Gasteiger partial charge in [-0.1, -0.05) is 45.0 Å². The minimum Gasteiger partial charge on any atom is -0.492 e. The molecule has 0 heterocycles. The van der Waals surface area contributed by atoms with Crippen LogP contribution < -0.4 is 10.1 Å². The van der Waals surface area contributed by atoms with E-state index in [0.29, 0.717) is 6.61 Å². The number of ether oxygens (including phenoxy) is 1. The Morgan fingerprint density at radius 2 is 1.71 bits per heavy atom. The maximum Gasteiger partial charge on any atom is 0.119 e. The Balaban J connectivity index is 1.79. The van der Waals surface area contributed by atoms with Gasteiger partial charge in [0, 0.05) is 12.2 Å². The topological polar surface area (TPSA) is 21.3 Å². The zero-order valence-corrected chi connectivity index (χ0v) is 13.4. The van der Waals surface area contributed by atoms with Crippen LogP contribution in [0.1, 0.15) is 31.9 Å². The Hall–Kier alpha value is -1.96. The molecule has 0 aliphatic rings. The van der Waals surface area contributed by atoms with Crippen molar-refractivity contribution in [3.8, 4) is 5.75 Å². The average Bonchev–Trinajstić information content (AvgIpc) is 2.43. The van der Waals surface area contributed by atoms with Crippen LogP contribution in [0, 0.1) is 6.92 Å². The number of hydrogen-bond donors (Lipinski definition) is 1. The van der Waals surface area contributed by atoms with Crippen LogP contribution in [0.2, 0.25) is 0 Å². The summed E-state index contributed by atoms with van der Waals surface area (Å²) in [6.45, 7) is 10.2. The van der Waals surface area contributed by atoms with E-state index in [1.165, 1.54) is 11.1 Å². The first kappa shape index (κ1) is 15.4. The van der Waals surface area contributed by atoms with Gasteiger partial charge in [-0.15, -0.1) is 0 Å². The van der Waals surface area contributed by atoms with Crippen LogP contribution in [0.15, 0.2) is 48.5 Å². The van der Waals surface area contributed by atoms with Gasteiger partial charge >= 0.3 is 0 Å². The molecule has 0 aliphatic carbocycles. The smallest absolute Gasteiger partial charge is 0.119 e. The predicted molar refractivity (Wildman–Crippen MR) is 90.3 cm³/mol. The number of benzene rings is 2. The molecule has 21 heavy (non-hydrogen) atoms.